The average Bonchev–Trinajstić information content (AvgIpc) is 3.95. The molecule has 12 rings (SSSR count). The predicted octanol–water partition coefficient (Wildman–Crippen LogP) is 13.4. The van der Waals surface area contributed by atoms with E-state index in [0.29, 0.717) is 6.61 Å². The van der Waals surface area contributed by atoms with Gasteiger partial charge in [-0.25, -0.2) is 0 Å². The van der Waals surface area contributed by atoms with Gasteiger partial charge in [-0.2, -0.15) is 0 Å². The Hall–Kier alpha value is -6.10. The molecule has 234 valence electrons. The third-order valence-electron chi connectivity index (χ3n) is 10.8. The number of para-hydroxylation sites is 1. The fourth-order valence-corrected chi connectivity index (χ4v) is 9.86. The van der Waals surface area contributed by atoms with Gasteiger partial charge in [0, 0.05) is 53.9 Å². The number of fused-ring (bicyclic) bond motifs is 13. The highest BCUT2D eigenvalue weighted by Gasteiger charge is 2.27. The van der Waals surface area contributed by atoms with Gasteiger partial charge in [-0.1, -0.05) is 91.0 Å². The third kappa shape index (κ3) is 3.48. The summed E-state index contributed by atoms with van der Waals surface area (Å²) in [5, 5.41) is 11.7. The van der Waals surface area contributed by atoms with Crippen LogP contribution >= 0.6 is 11.3 Å². The fraction of sp³-hybridized carbons (Fsp3) is 0.0435. The molecule has 0 fully saturated rings. The van der Waals surface area contributed by atoms with Gasteiger partial charge >= 0.3 is 0 Å². The molecule has 1 aliphatic heterocycles. The number of benzene rings is 8. The summed E-state index contributed by atoms with van der Waals surface area (Å²) in [4.78, 5) is 0. The molecular formula is C46H26O3S. The number of thiophene rings is 1. The molecule has 0 atom stereocenters. The van der Waals surface area contributed by atoms with Gasteiger partial charge in [-0.05, 0) is 80.7 Å². The molecule has 4 heteroatoms. The first kappa shape index (κ1) is 26.8. The Balaban J connectivity index is 1.21. The zero-order chi connectivity index (χ0) is 32.5. The van der Waals surface area contributed by atoms with E-state index in [4.69, 9.17) is 13.6 Å². The van der Waals surface area contributed by atoms with Crippen molar-refractivity contribution in [2.24, 2.45) is 0 Å². The van der Waals surface area contributed by atoms with Crippen molar-refractivity contribution in [3.63, 3.8) is 0 Å². The van der Waals surface area contributed by atoms with Crippen LogP contribution in [0.15, 0.2) is 142 Å². The fourth-order valence-electron chi connectivity index (χ4n) is 8.68. The summed E-state index contributed by atoms with van der Waals surface area (Å²) in [6.07, 6.45) is 0.928. The zero-order valence-electron chi connectivity index (χ0n) is 26.7. The third-order valence-corrected chi connectivity index (χ3v) is 11.9. The maximum Gasteiger partial charge on any atom is 0.147 e. The molecule has 0 bridgehead atoms. The quantitative estimate of drug-likeness (QED) is 0.173. The molecule has 50 heavy (non-hydrogen) atoms. The Morgan fingerprint density at radius 1 is 0.440 bits per heavy atom. The minimum absolute atomic E-state index is 0.711. The number of furan rings is 2. The molecular weight excluding hydrogens is 633 g/mol. The number of hydrogen-bond donors (Lipinski definition) is 0. The van der Waals surface area contributed by atoms with Crippen LogP contribution in [0.5, 0.6) is 5.75 Å². The highest BCUT2D eigenvalue weighted by molar-refractivity contribution is 7.26. The summed E-state index contributed by atoms with van der Waals surface area (Å²) in [6.45, 7) is 0.711. The van der Waals surface area contributed by atoms with Crippen LogP contribution in [0.3, 0.4) is 0 Å². The second kappa shape index (κ2) is 9.75. The van der Waals surface area contributed by atoms with Crippen LogP contribution in [-0.4, -0.2) is 6.61 Å². The van der Waals surface area contributed by atoms with Gasteiger partial charge in [0.15, 0.2) is 0 Å². The molecule has 0 aliphatic carbocycles. The van der Waals surface area contributed by atoms with Crippen molar-refractivity contribution in [1.29, 1.82) is 0 Å². The first-order valence-electron chi connectivity index (χ1n) is 17.1. The molecule has 3 nitrogen and oxygen atoms in total. The molecule has 11 aromatic rings. The largest absolute Gasteiger partial charge is 0.492 e. The van der Waals surface area contributed by atoms with Gasteiger partial charge in [-0.3, -0.25) is 0 Å². The Morgan fingerprint density at radius 2 is 1.10 bits per heavy atom. The van der Waals surface area contributed by atoms with Gasteiger partial charge in [0.25, 0.3) is 0 Å². The van der Waals surface area contributed by atoms with Gasteiger partial charge in [0.05, 0.1) is 12.0 Å². The van der Waals surface area contributed by atoms with E-state index in [1.54, 1.807) is 0 Å². The highest BCUT2D eigenvalue weighted by Crippen LogP contribution is 2.53. The highest BCUT2D eigenvalue weighted by atomic mass is 32.1. The Labute approximate surface area is 289 Å². The van der Waals surface area contributed by atoms with E-state index >= 15 is 0 Å². The van der Waals surface area contributed by atoms with E-state index in [-0.39, 0.29) is 0 Å². The van der Waals surface area contributed by atoms with Crippen LogP contribution in [0.2, 0.25) is 0 Å². The lowest BCUT2D eigenvalue weighted by Gasteiger charge is -2.20. The van der Waals surface area contributed by atoms with Crippen molar-refractivity contribution in [1.82, 2.24) is 0 Å². The molecule has 0 saturated carbocycles. The van der Waals surface area contributed by atoms with Crippen molar-refractivity contribution in [2.45, 2.75) is 6.42 Å². The molecule has 0 radical (unpaired) electrons. The Morgan fingerprint density at radius 3 is 1.90 bits per heavy atom. The van der Waals surface area contributed by atoms with Crippen molar-refractivity contribution in [2.75, 3.05) is 6.61 Å². The van der Waals surface area contributed by atoms with Gasteiger partial charge in [-0.15, -0.1) is 11.3 Å². The molecule has 0 N–H and O–H groups in total. The second-order valence-electron chi connectivity index (χ2n) is 13.4. The van der Waals surface area contributed by atoms with Crippen molar-refractivity contribution >= 4 is 96.9 Å². The maximum atomic E-state index is 6.55. The van der Waals surface area contributed by atoms with Crippen molar-refractivity contribution in [3.8, 4) is 28.0 Å². The Bertz CT molecular complexity index is 3190. The van der Waals surface area contributed by atoms with E-state index in [0.717, 1.165) is 61.6 Å². The topological polar surface area (TPSA) is 35.5 Å². The average molecular weight is 659 g/mol. The van der Waals surface area contributed by atoms with Crippen molar-refractivity contribution in [3.05, 3.63) is 139 Å². The molecule has 0 saturated heterocycles. The number of ether oxygens (including phenoxy) is 1. The normalized spacial score (nSPS) is 13.2. The van der Waals surface area contributed by atoms with Gasteiger partial charge in [0.1, 0.15) is 28.1 Å². The molecule has 0 unspecified atom stereocenters. The minimum Gasteiger partial charge on any atom is -0.492 e. The maximum absolute atomic E-state index is 6.55. The first-order valence-corrected chi connectivity index (χ1v) is 17.9. The number of hydrogen-bond acceptors (Lipinski definition) is 4. The van der Waals surface area contributed by atoms with Gasteiger partial charge < -0.3 is 13.6 Å². The van der Waals surface area contributed by atoms with Crippen molar-refractivity contribution < 1.29 is 13.6 Å². The van der Waals surface area contributed by atoms with E-state index in [1.807, 2.05) is 23.5 Å². The van der Waals surface area contributed by atoms with E-state index < -0.39 is 0 Å². The summed E-state index contributed by atoms with van der Waals surface area (Å²) < 4.78 is 22.1. The lowest BCUT2D eigenvalue weighted by Crippen LogP contribution is -1.94. The molecule has 4 heterocycles. The van der Waals surface area contributed by atoms with Crippen LogP contribution in [0.4, 0.5) is 0 Å². The summed E-state index contributed by atoms with van der Waals surface area (Å²) in [5.41, 5.74) is 9.56. The van der Waals surface area contributed by atoms with Crippen LogP contribution in [0, 0.1) is 0 Å². The van der Waals surface area contributed by atoms with E-state index in [2.05, 4.69) is 121 Å². The summed E-state index contributed by atoms with van der Waals surface area (Å²) >= 11 is 1.88. The molecule has 0 spiro atoms. The first-order chi connectivity index (χ1) is 24.8. The summed E-state index contributed by atoms with van der Waals surface area (Å²) in [7, 11) is 0. The molecule has 0 amide bonds. The smallest absolute Gasteiger partial charge is 0.147 e. The second-order valence-corrected chi connectivity index (χ2v) is 14.5. The summed E-state index contributed by atoms with van der Waals surface area (Å²) in [5.74, 6) is 1.03. The minimum atomic E-state index is 0.711. The molecule has 1 aliphatic rings. The number of rotatable bonds is 2. The standard InChI is InChI=1S/C46H26O3S/c1-3-12-30-28(10-1)40(25-17-19-36-34(23-25)42-37(48-36)20-18-32-27-9-5-7-15-35(27)49-46(32)42)29-11-2-4-13-31(29)41(30)44-43-33-14-6-8-16-38(33)50-39(43)24-26-21-22-47-45(26)44/h1-20,23-24H,21-22H2. The SMILES string of the molecule is c1ccc2c(c1)oc1c2ccc2oc3ccc(-c4c5ccccc5c(-c5c6c(cc7sc8ccccc8c57)CCO6)c5ccccc45)cc3c21. The molecule has 8 aromatic carbocycles. The summed E-state index contributed by atoms with van der Waals surface area (Å²) in [6, 6.07) is 48.0. The van der Waals surface area contributed by atoms with Crippen LogP contribution in [-0.2, 0) is 6.42 Å². The van der Waals surface area contributed by atoms with Crippen LogP contribution in [0.25, 0.3) is 108 Å². The lowest BCUT2D eigenvalue weighted by atomic mass is 9.84. The Kier molecular flexibility index (Phi) is 5.23. The monoisotopic (exact) mass is 658 g/mol. The van der Waals surface area contributed by atoms with E-state index in [9.17, 15) is 0 Å². The van der Waals surface area contributed by atoms with Gasteiger partial charge in [0.2, 0.25) is 0 Å². The predicted molar refractivity (Wildman–Crippen MR) is 209 cm³/mol. The van der Waals surface area contributed by atoms with E-state index in [1.165, 1.54) is 64.0 Å². The lowest BCUT2D eigenvalue weighted by molar-refractivity contribution is 0.358. The van der Waals surface area contributed by atoms with Crippen LogP contribution in [0.1, 0.15) is 5.56 Å². The van der Waals surface area contributed by atoms with Crippen LogP contribution < -0.4 is 4.74 Å². The molecule has 3 aromatic heterocycles. The zero-order valence-corrected chi connectivity index (χ0v) is 27.6.